The van der Waals surface area contributed by atoms with Gasteiger partial charge in [-0.2, -0.15) is 0 Å². The Bertz CT molecular complexity index is 535. The number of aromatic nitrogens is 1. The number of piperidine rings is 1. The summed E-state index contributed by atoms with van der Waals surface area (Å²) in [6.07, 6.45) is 6.43. The van der Waals surface area contributed by atoms with Crippen LogP contribution in [0.1, 0.15) is 31.2 Å². The van der Waals surface area contributed by atoms with Gasteiger partial charge in [0.2, 0.25) is 5.91 Å². The smallest absolute Gasteiger partial charge is 0.251 e. The van der Waals surface area contributed by atoms with Crippen LogP contribution in [0.2, 0.25) is 0 Å². The Morgan fingerprint density at radius 2 is 2.13 bits per heavy atom. The standard InChI is InChI=1S/C17H23N3O3/c21-16(19-12-13-3-1-7-18-11-13)14-5-8-20(9-6-14)17(22)15-4-2-10-23-15/h1,3,7,11,14-15H,2,4-6,8-10,12H2,(H,19,21). The second kappa shape index (κ2) is 7.55. The summed E-state index contributed by atoms with van der Waals surface area (Å²) >= 11 is 0. The summed E-state index contributed by atoms with van der Waals surface area (Å²) in [5.41, 5.74) is 0.992. The predicted octanol–water partition coefficient (Wildman–Crippen LogP) is 1.12. The van der Waals surface area contributed by atoms with Gasteiger partial charge >= 0.3 is 0 Å². The summed E-state index contributed by atoms with van der Waals surface area (Å²) in [6, 6.07) is 3.80. The van der Waals surface area contributed by atoms with Gasteiger partial charge in [0.1, 0.15) is 6.10 Å². The Kier molecular flexibility index (Phi) is 5.23. The van der Waals surface area contributed by atoms with Gasteiger partial charge in [-0.1, -0.05) is 6.07 Å². The number of hydrogen-bond donors (Lipinski definition) is 1. The maximum absolute atomic E-state index is 12.3. The van der Waals surface area contributed by atoms with Crippen LogP contribution >= 0.6 is 0 Å². The molecule has 6 nitrogen and oxygen atoms in total. The minimum absolute atomic E-state index is 0.0137. The van der Waals surface area contributed by atoms with Crippen LogP contribution in [-0.4, -0.2) is 47.5 Å². The van der Waals surface area contributed by atoms with Crippen LogP contribution < -0.4 is 5.32 Å². The number of nitrogens with zero attached hydrogens (tertiary/aromatic N) is 2. The number of pyridine rings is 1. The molecule has 2 aliphatic rings. The van der Waals surface area contributed by atoms with Crippen LogP contribution in [0.4, 0.5) is 0 Å². The molecule has 0 radical (unpaired) electrons. The second-order valence-corrected chi connectivity index (χ2v) is 6.18. The highest BCUT2D eigenvalue weighted by Crippen LogP contribution is 2.21. The Labute approximate surface area is 136 Å². The van der Waals surface area contributed by atoms with E-state index in [0.29, 0.717) is 26.2 Å². The van der Waals surface area contributed by atoms with Crippen molar-refractivity contribution < 1.29 is 14.3 Å². The maximum atomic E-state index is 12.3. The zero-order valence-corrected chi connectivity index (χ0v) is 13.2. The van der Waals surface area contributed by atoms with Crippen LogP contribution in [0.15, 0.2) is 24.5 Å². The summed E-state index contributed by atoms with van der Waals surface area (Å²) in [7, 11) is 0. The lowest BCUT2D eigenvalue weighted by Gasteiger charge is -2.32. The topological polar surface area (TPSA) is 71.5 Å². The number of carbonyl (C=O) groups excluding carboxylic acids is 2. The van der Waals surface area contributed by atoms with E-state index < -0.39 is 0 Å². The van der Waals surface area contributed by atoms with Gasteiger partial charge < -0.3 is 15.0 Å². The quantitative estimate of drug-likeness (QED) is 0.903. The Hall–Kier alpha value is -1.95. The molecule has 2 saturated heterocycles. The zero-order valence-electron chi connectivity index (χ0n) is 13.2. The van der Waals surface area contributed by atoms with Crippen LogP contribution in [0.25, 0.3) is 0 Å². The summed E-state index contributed by atoms with van der Waals surface area (Å²) in [4.78, 5) is 30.4. The lowest BCUT2D eigenvalue weighted by Crippen LogP contribution is -2.46. The summed E-state index contributed by atoms with van der Waals surface area (Å²) in [5.74, 6) is 0.148. The molecule has 1 unspecified atom stereocenters. The fourth-order valence-corrected chi connectivity index (χ4v) is 3.17. The highest BCUT2D eigenvalue weighted by atomic mass is 16.5. The highest BCUT2D eigenvalue weighted by molar-refractivity contribution is 5.82. The molecule has 1 aromatic heterocycles. The van der Waals surface area contributed by atoms with E-state index in [1.165, 1.54) is 0 Å². The first-order chi connectivity index (χ1) is 11.2. The van der Waals surface area contributed by atoms with E-state index >= 15 is 0 Å². The van der Waals surface area contributed by atoms with Crippen molar-refractivity contribution in [3.63, 3.8) is 0 Å². The molecule has 124 valence electrons. The van der Waals surface area contributed by atoms with E-state index in [2.05, 4.69) is 10.3 Å². The van der Waals surface area contributed by atoms with Gasteiger partial charge in [0.15, 0.2) is 0 Å². The fourth-order valence-electron chi connectivity index (χ4n) is 3.17. The van der Waals surface area contributed by atoms with Gasteiger partial charge in [-0.3, -0.25) is 14.6 Å². The van der Waals surface area contributed by atoms with Crippen molar-refractivity contribution in [1.82, 2.24) is 15.2 Å². The van der Waals surface area contributed by atoms with Crippen molar-refractivity contribution >= 4 is 11.8 Å². The Morgan fingerprint density at radius 1 is 1.30 bits per heavy atom. The number of amides is 2. The van der Waals surface area contributed by atoms with E-state index in [-0.39, 0.29) is 23.8 Å². The first kappa shape index (κ1) is 15.9. The van der Waals surface area contributed by atoms with E-state index in [0.717, 1.165) is 31.2 Å². The third-order valence-electron chi connectivity index (χ3n) is 4.57. The first-order valence-corrected chi connectivity index (χ1v) is 8.31. The molecule has 2 amide bonds. The molecule has 3 heterocycles. The largest absolute Gasteiger partial charge is 0.368 e. The van der Waals surface area contributed by atoms with Crippen LogP contribution in [0, 0.1) is 5.92 Å². The average Bonchev–Trinajstić information content (AvgIpc) is 3.15. The molecule has 0 bridgehead atoms. The number of nitrogens with one attached hydrogen (secondary N) is 1. The Morgan fingerprint density at radius 3 is 2.78 bits per heavy atom. The molecule has 3 rings (SSSR count). The van der Waals surface area contributed by atoms with Crippen LogP contribution in [0.5, 0.6) is 0 Å². The highest BCUT2D eigenvalue weighted by Gasteiger charge is 2.32. The fraction of sp³-hybridized carbons (Fsp3) is 0.588. The van der Waals surface area contributed by atoms with Gasteiger partial charge in [-0.15, -0.1) is 0 Å². The van der Waals surface area contributed by atoms with Gasteiger partial charge in [0.25, 0.3) is 5.91 Å². The molecule has 23 heavy (non-hydrogen) atoms. The SMILES string of the molecule is O=C(NCc1cccnc1)C1CCN(C(=O)C2CCCO2)CC1. The molecule has 0 aliphatic carbocycles. The number of ether oxygens (including phenoxy) is 1. The summed E-state index contributed by atoms with van der Waals surface area (Å²) in [6.45, 7) is 2.47. The number of likely N-dealkylation sites (tertiary alicyclic amines) is 1. The van der Waals surface area contributed by atoms with Gasteiger partial charge in [-0.05, 0) is 37.3 Å². The van der Waals surface area contributed by atoms with Crippen molar-refractivity contribution in [2.24, 2.45) is 5.92 Å². The molecule has 1 N–H and O–H groups in total. The lowest BCUT2D eigenvalue weighted by atomic mass is 9.95. The van der Waals surface area contributed by atoms with E-state index in [1.54, 1.807) is 12.4 Å². The number of carbonyl (C=O) groups is 2. The third kappa shape index (κ3) is 4.07. The van der Waals surface area contributed by atoms with Gasteiger partial charge in [0.05, 0.1) is 0 Å². The van der Waals surface area contributed by atoms with Crippen LogP contribution in [0.3, 0.4) is 0 Å². The van der Waals surface area contributed by atoms with E-state index in [1.807, 2.05) is 17.0 Å². The van der Waals surface area contributed by atoms with Gasteiger partial charge in [-0.25, -0.2) is 0 Å². The number of rotatable bonds is 4. The average molecular weight is 317 g/mol. The molecule has 6 heteroatoms. The van der Waals surface area contributed by atoms with Crippen molar-refractivity contribution in [2.75, 3.05) is 19.7 Å². The third-order valence-corrected chi connectivity index (χ3v) is 4.57. The molecular formula is C17H23N3O3. The second-order valence-electron chi connectivity index (χ2n) is 6.18. The maximum Gasteiger partial charge on any atom is 0.251 e. The van der Waals surface area contributed by atoms with Crippen molar-refractivity contribution in [3.05, 3.63) is 30.1 Å². The summed E-state index contributed by atoms with van der Waals surface area (Å²) < 4.78 is 5.45. The monoisotopic (exact) mass is 317 g/mol. The normalized spacial score (nSPS) is 22.1. The first-order valence-electron chi connectivity index (χ1n) is 8.31. The van der Waals surface area contributed by atoms with Crippen molar-refractivity contribution in [2.45, 2.75) is 38.3 Å². The molecule has 1 atom stereocenters. The molecule has 2 aliphatic heterocycles. The molecule has 0 aromatic carbocycles. The predicted molar refractivity (Wildman–Crippen MR) is 84.4 cm³/mol. The molecule has 0 saturated carbocycles. The van der Waals surface area contributed by atoms with E-state index in [9.17, 15) is 9.59 Å². The minimum Gasteiger partial charge on any atom is -0.368 e. The molecule has 2 fully saturated rings. The van der Waals surface area contributed by atoms with Crippen molar-refractivity contribution in [1.29, 1.82) is 0 Å². The van der Waals surface area contributed by atoms with E-state index in [4.69, 9.17) is 4.74 Å². The number of hydrogen-bond acceptors (Lipinski definition) is 4. The Balaban J connectivity index is 1.43. The van der Waals surface area contributed by atoms with Gasteiger partial charge in [0, 0.05) is 44.6 Å². The minimum atomic E-state index is -0.258. The zero-order chi connectivity index (χ0) is 16.1. The van der Waals surface area contributed by atoms with Crippen LogP contribution in [-0.2, 0) is 20.9 Å². The molecule has 1 aromatic rings. The summed E-state index contributed by atoms with van der Waals surface area (Å²) in [5, 5.41) is 2.96. The van der Waals surface area contributed by atoms with Crippen molar-refractivity contribution in [3.8, 4) is 0 Å². The lowest BCUT2D eigenvalue weighted by molar-refractivity contribution is -0.143. The molecule has 0 spiro atoms. The molecular weight excluding hydrogens is 294 g/mol.